The fourth-order valence-electron chi connectivity index (χ4n) is 1.88. The summed E-state index contributed by atoms with van der Waals surface area (Å²) in [6.07, 6.45) is 1.55. The Labute approximate surface area is 134 Å². The predicted molar refractivity (Wildman–Crippen MR) is 89.4 cm³/mol. The number of hydrogen-bond donors (Lipinski definition) is 3. The number of benzene rings is 1. The second kappa shape index (κ2) is 7.44. The van der Waals surface area contributed by atoms with Crippen molar-refractivity contribution in [3.8, 4) is 11.5 Å². The van der Waals surface area contributed by atoms with Crippen LogP contribution < -0.4 is 15.7 Å². The van der Waals surface area contributed by atoms with Gasteiger partial charge in [-0.2, -0.15) is 5.10 Å². The summed E-state index contributed by atoms with van der Waals surface area (Å²) >= 11 is 0. The van der Waals surface area contributed by atoms with Crippen LogP contribution in [0.25, 0.3) is 0 Å². The summed E-state index contributed by atoms with van der Waals surface area (Å²) in [6, 6.07) is 6.37. The number of H-pyrrole nitrogens is 1. The third kappa shape index (κ3) is 4.57. The number of ether oxygens (including phenoxy) is 1. The van der Waals surface area contributed by atoms with Gasteiger partial charge in [0, 0.05) is 6.07 Å². The maximum atomic E-state index is 11.6. The Morgan fingerprint density at radius 3 is 2.91 bits per heavy atom. The van der Waals surface area contributed by atoms with Crippen LogP contribution in [0.1, 0.15) is 37.9 Å². The first-order chi connectivity index (χ1) is 11.0. The highest BCUT2D eigenvalue weighted by molar-refractivity contribution is 5.81. The Kier molecular flexibility index (Phi) is 5.35. The molecule has 0 spiro atoms. The molecule has 0 amide bonds. The van der Waals surface area contributed by atoms with Crippen LogP contribution >= 0.6 is 0 Å². The van der Waals surface area contributed by atoms with Gasteiger partial charge in [-0.3, -0.25) is 9.78 Å². The number of aromatic amines is 1. The van der Waals surface area contributed by atoms with Crippen molar-refractivity contribution in [1.82, 2.24) is 9.97 Å². The first kappa shape index (κ1) is 16.5. The SMILES string of the molecule is CCOc1cc(/C=N\Nc2nc(C(C)C)cc(=O)[nH]2)ccc1O. The van der Waals surface area contributed by atoms with E-state index >= 15 is 0 Å². The number of anilines is 1. The van der Waals surface area contributed by atoms with Crippen molar-refractivity contribution in [3.63, 3.8) is 0 Å². The van der Waals surface area contributed by atoms with Crippen molar-refractivity contribution >= 4 is 12.2 Å². The van der Waals surface area contributed by atoms with Gasteiger partial charge in [0.25, 0.3) is 5.56 Å². The van der Waals surface area contributed by atoms with E-state index in [2.05, 4.69) is 20.5 Å². The lowest BCUT2D eigenvalue weighted by molar-refractivity contribution is 0.318. The Balaban J connectivity index is 2.13. The van der Waals surface area contributed by atoms with Crippen LogP contribution in [0, 0.1) is 0 Å². The minimum Gasteiger partial charge on any atom is -0.504 e. The summed E-state index contributed by atoms with van der Waals surface area (Å²) in [5, 5.41) is 13.7. The molecule has 2 aromatic rings. The molecule has 7 heteroatoms. The summed E-state index contributed by atoms with van der Waals surface area (Å²) in [5.41, 5.74) is 3.89. The fraction of sp³-hybridized carbons (Fsp3) is 0.312. The maximum Gasteiger partial charge on any atom is 0.252 e. The highest BCUT2D eigenvalue weighted by atomic mass is 16.5. The molecule has 0 fully saturated rings. The van der Waals surface area contributed by atoms with Crippen LogP contribution in [-0.2, 0) is 0 Å². The molecule has 1 aromatic heterocycles. The number of aromatic nitrogens is 2. The second-order valence-electron chi connectivity index (χ2n) is 5.20. The van der Waals surface area contributed by atoms with Gasteiger partial charge in [-0.25, -0.2) is 10.4 Å². The molecule has 1 aromatic carbocycles. The lowest BCUT2D eigenvalue weighted by atomic mass is 10.1. The smallest absolute Gasteiger partial charge is 0.252 e. The van der Waals surface area contributed by atoms with E-state index in [4.69, 9.17) is 4.74 Å². The van der Waals surface area contributed by atoms with Gasteiger partial charge < -0.3 is 9.84 Å². The summed E-state index contributed by atoms with van der Waals surface area (Å²) < 4.78 is 5.31. The number of phenolic OH excluding ortho intramolecular Hbond substituents is 1. The topological polar surface area (TPSA) is 99.6 Å². The van der Waals surface area contributed by atoms with E-state index in [0.29, 0.717) is 18.1 Å². The number of nitrogens with one attached hydrogen (secondary N) is 2. The summed E-state index contributed by atoms with van der Waals surface area (Å²) in [4.78, 5) is 18.4. The van der Waals surface area contributed by atoms with Crippen molar-refractivity contribution in [2.75, 3.05) is 12.0 Å². The van der Waals surface area contributed by atoms with Gasteiger partial charge in [-0.1, -0.05) is 13.8 Å². The van der Waals surface area contributed by atoms with Gasteiger partial charge in [0.05, 0.1) is 18.5 Å². The van der Waals surface area contributed by atoms with Gasteiger partial charge in [-0.05, 0) is 36.6 Å². The van der Waals surface area contributed by atoms with Gasteiger partial charge in [0.2, 0.25) is 5.95 Å². The monoisotopic (exact) mass is 316 g/mol. The first-order valence-corrected chi connectivity index (χ1v) is 7.35. The quantitative estimate of drug-likeness (QED) is 0.561. The van der Waals surface area contributed by atoms with E-state index in [0.717, 1.165) is 5.56 Å². The minimum atomic E-state index is -0.232. The Bertz CT molecular complexity index is 753. The highest BCUT2D eigenvalue weighted by Gasteiger charge is 2.05. The van der Waals surface area contributed by atoms with E-state index < -0.39 is 0 Å². The number of rotatable bonds is 6. The molecular weight excluding hydrogens is 296 g/mol. The normalized spacial score (nSPS) is 11.1. The average molecular weight is 316 g/mol. The molecule has 0 unspecified atom stereocenters. The van der Waals surface area contributed by atoms with E-state index in [1.165, 1.54) is 12.1 Å². The van der Waals surface area contributed by atoms with E-state index in [1.54, 1.807) is 18.3 Å². The lowest BCUT2D eigenvalue weighted by Crippen LogP contribution is -2.12. The fourth-order valence-corrected chi connectivity index (χ4v) is 1.88. The van der Waals surface area contributed by atoms with E-state index in [-0.39, 0.29) is 23.2 Å². The Morgan fingerprint density at radius 1 is 1.43 bits per heavy atom. The third-order valence-electron chi connectivity index (χ3n) is 3.02. The average Bonchev–Trinajstić information content (AvgIpc) is 2.50. The molecule has 0 bridgehead atoms. The van der Waals surface area contributed by atoms with Crippen molar-refractivity contribution in [2.24, 2.45) is 5.10 Å². The molecular formula is C16H20N4O3. The number of hydrogen-bond acceptors (Lipinski definition) is 6. The molecule has 7 nitrogen and oxygen atoms in total. The summed E-state index contributed by atoms with van der Waals surface area (Å²) in [5.74, 6) is 0.895. The van der Waals surface area contributed by atoms with Gasteiger partial charge in [0.1, 0.15) is 0 Å². The molecule has 1 heterocycles. The maximum absolute atomic E-state index is 11.6. The van der Waals surface area contributed by atoms with Crippen LogP contribution in [-0.4, -0.2) is 27.9 Å². The number of hydrazone groups is 1. The Hall–Kier alpha value is -2.83. The molecule has 0 radical (unpaired) electrons. The third-order valence-corrected chi connectivity index (χ3v) is 3.02. The van der Waals surface area contributed by atoms with Crippen LogP contribution in [0.15, 0.2) is 34.2 Å². The lowest BCUT2D eigenvalue weighted by Gasteiger charge is -2.07. The molecule has 0 aliphatic carbocycles. The van der Waals surface area contributed by atoms with Gasteiger partial charge in [-0.15, -0.1) is 0 Å². The molecule has 122 valence electrons. The molecule has 0 atom stereocenters. The molecule has 0 aliphatic rings. The largest absolute Gasteiger partial charge is 0.504 e. The second-order valence-corrected chi connectivity index (χ2v) is 5.20. The molecule has 23 heavy (non-hydrogen) atoms. The standard InChI is InChI=1S/C16H20N4O3/c1-4-23-14-7-11(5-6-13(14)21)9-17-20-16-18-12(10(2)3)8-15(22)19-16/h5-10,21H,4H2,1-3H3,(H2,18,19,20,22)/b17-9-. The predicted octanol–water partition coefficient (Wildman–Crippen LogP) is 2.44. The zero-order valence-electron chi connectivity index (χ0n) is 13.3. The van der Waals surface area contributed by atoms with Crippen LogP contribution in [0.4, 0.5) is 5.95 Å². The van der Waals surface area contributed by atoms with E-state index in [9.17, 15) is 9.90 Å². The van der Waals surface area contributed by atoms with Crippen LogP contribution in [0.3, 0.4) is 0 Å². The van der Waals surface area contributed by atoms with Crippen molar-refractivity contribution in [3.05, 3.63) is 45.9 Å². The van der Waals surface area contributed by atoms with Crippen LogP contribution in [0.2, 0.25) is 0 Å². The zero-order valence-corrected chi connectivity index (χ0v) is 13.3. The molecule has 0 aliphatic heterocycles. The van der Waals surface area contributed by atoms with Gasteiger partial charge >= 0.3 is 0 Å². The molecule has 0 saturated carbocycles. The first-order valence-electron chi connectivity index (χ1n) is 7.35. The summed E-state index contributed by atoms with van der Waals surface area (Å²) in [7, 11) is 0. The van der Waals surface area contributed by atoms with Gasteiger partial charge in [0.15, 0.2) is 11.5 Å². The number of aromatic hydroxyl groups is 1. The van der Waals surface area contributed by atoms with Crippen LogP contribution in [0.5, 0.6) is 11.5 Å². The number of phenols is 1. The molecule has 2 rings (SSSR count). The minimum absolute atomic E-state index is 0.0765. The Morgan fingerprint density at radius 2 is 2.22 bits per heavy atom. The zero-order chi connectivity index (χ0) is 16.8. The van der Waals surface area contributed by atoms with E-state index in [1.807, 2.05) is 20.8 Å². The summed E-state index contributed by atoms with van der Waals surface area (Å²) in [6.45, 7) is 6.21. The highest BCUT2D eigenvalue weighted by Crippen LogP contribution is 2.26. The molecule has 0 saturated heterocycles. The van der Waals surface area contributed by atoms with Crippen molar-refractivity contribution < 1.29 is 9.84 Å². The van der Waals surface area contributed by atoms with Crippen molar-refractivity contribution in [1.29, 1.82) is 0 Å². The number of nitrogens with zero attached hydrogens (tertiary/aromatic N) is 2. The van der Waals surface area contributed by atoms with Crippen molar-refractivity contribution in [2.45, 2.75) is 26.7 Å². The molecule has 3 N–H and O–H groups in total.